The first-order valence-corrected chi connectivity index (χ1v) is 8.61. The second kappa shape index (κ2) is 4.72. The number of aliphatic carboxylic acids is 1. The maximum absolute atomic E-state index is 13.2. The molecule has 5 rings (SSSR count). The summed E-state index contributed by atoms with van der Waals surface area (Å²) < 4.78 is 0. The van der Waals surface area contributed by atoms with E-state index in [1.54, 1.807) is 4.90 Å². The number of carbonyl (C=O) groups is 2. The van der Waals surface area contributed by atoms with Crippen LogP contribution in [0.15, 0.2) is 0 Å². The third-order valence-corrected chi connectivity index (χ3v) is 6.61. The number of carbonyl (C=O) groups excluding carboxylic acids is 1. The lowest BCUT2D eigenvalue weighted by Crippen LogP contribution is -2.52. The lowest BCUT2D eigenvalue weighted by Gasteiger charge is -2.48. The molecule has 4 heteroatoms. The van der Waals surface area contributed by atoms with E-state index in [-0.39, 0.29) is 11.3 Å². The van der Waals surface area contributed by atoms with Crippen LogP contribution in [0, 0.1) is 23.2 Å². The average molecular weight is 291 g/mol. The Labute approximate surface area is 125 Å². The molecule has 0 aromatic rings. The molecule has 4 aliphatic carbocycles. The van der Waals surface area contributed by atoms with Gasteiger partial charge in [0.2, 0.25) is 5.91 Å². The Hall–Kier alpha value is -1.06. The molecule has 0 aromatic carbocycles. The number of hydrogen-bond acceptors (Lipinski definition) is 2. The summed E-state index contributed by atoms with van der Waals surface area (Å²) in [6, 6.07) is -0.563. The second-order valence-corrected chi connectivity index (χ2v) is 8.03. The van der Waals surface area contributed by atoms with E-state index < -0.39 is 12.0 Å². The Bertz CT molecular complexity index is 459. The number of rotatable bonds is 2. The molecule has 1 N–H and O–H groups in total. The number of hydrogen-bond donors (Lipinski definition) is 1. The molecule has 0 aromatic heterocycles. The zero-order valence-corrected chi connectivity index (χ0v) is 12.6. The van der Waals surface area contributed by atoms with Crippen LogP contribution < -0.4 is 0 Å². The molecule has 5 fully saturated rings. The van der Waals surface area contributed by atoms with E-state index in [1.165, 1.54) is 25.7 Å². The summed E-state index contributed by atoms with van der Waals surface area (Å²) in [6.07, 6.45) is 9.77. The summed E-state index contributed by atoms with van der Waals surface area (Å²) in [6.45, 7) is 0.650. The largest absolute Gasteiger partial charge is 0.480 e. The standard InChI is InChI=1S/C17H25NO3/c19-15(20)14-2-1-5-18(14)16(21)17-8-11-3-4-12(9-17)7-13(6-11)10-17/h11-14H,1-10H2,(H,19,20)/t11-,12+,13?,14-,17?/m0/s1. The molecule has 21 heavy (non-hydrogen) atoms. The lowest BCUT2D eigenvalue weighted by molar-refractivity contribution is -0.158. The first-order valence-electron chi connectivity index (χ1n) is 8.61. The molecule has 1 heterocycles. The van der Waals surface area contributed by atoms with Gasteiger partial charge in [-0.05, 0) is 62.7 Å². The lowest BCUT2D eigenvalue weighted by atomic mass is 9.58. The molecule has 5 atom stereocenters. The van der Waals surface area contributed by atoms with Gasteiger partial charge in [-0.2, -0.15) is 0 Å². The predicted molar refractivity (Wildman–Crippen MR) is 77.6 cm³/mol. The molecule has 1 saturated heterocycles. The molecule has 116 valence electrons. The minimum atomic E-state index is -0.816. The van der Waals surface area contributed by atoms with Gasteiger partial charge in [0.05, 0.1) is 5.41 Å². The minimum absolute atomic E-state index is 0.189. The molecule has 2 unspecified atom stereocenters. The van der Waals surface area contributed by atoms with Crippen molar-refractivity contribution in [3.05, 3.63) is 0 Å². The second-order valence-electron chi connectivity index (χ2n) is 8.03. The SMILES string of the molecule is O=C(O)[C@@H]1CCCN1C(=O)C12CC3C[C@@H](CC[C@@H](C3)C1)C2. The van der Waals surface area contributed by atoms with Gasteiger partial charge in [-0.3, -0.25) is 4.79 Å². The van der Waals surface area contributed by atoms with Crippen molar-refractivity contribution >= 4 is 11.9 Å². The average Bonchev–Trinajstić information content (AvgIpc) is 2.83. The van der Waals surface area contributed by atoms with Gasteiger partial charge in [0.25, 0.3) is 0 Å². The fraction of sp³-hybridized carbons (Fsp3) is 0.882. The quantitative estimate of drug-likeness (QED) is 0.851. The van der Waals surface area contributed by atoms with Crippen LogP contribution in [0.3, 0.4) is 0 Å². The van der Waals surface area contributed by atoms with Crippen molar-refractivity contribution in [2.75, 3.05) is 6.54 Å². The topological polar surface area (TPSA) is 57.6 Å². The van der Waals surface area contributed by atoms with Crippen molar-refractivity contribution in [1.82, 2.24) is 4.90 Å². The minimum Gasteiger partial charge on any atom is -0.480 e. The maximum atomic E-state index is 13.2. The van der Waals surface area contributed by atoms with E-state index in [4.69, 9.17) is 0 Å². The number of fused-ring (bicyclic) bond motifs is 1. The number of nitrogens with zero attached hydrogens (tertiary/aromatic N) is 1. The first-order chi connectivity index (χ1) is 10.1. The van der Waals surface area contributed by atoms with E-state index in [2.05, 4.69) is 0 Å². The fourth-order valence-corrected chi connectivity index (χ4v) is 6.02. The van der Waals surface area contributed by atoms with E-state index in [0.717, 1.165) is 31.6 Å². The van der Waals surface area contributed by atoms with E-state index >= 15 is 0 Å². The predicted octanol–water partition coefficient (Wildman–Crippen LogP) is 2.67. The highest BCUT2D eigenvalue weighted by Crippen LogP contribution is 2.58. The molecule has 1 amide bonds. The van der Waals surface area contributed by atoms with Crippen molar-refractivity contribution in [1.29, 1.82) is 0 Å². The van der Waals surface area contributed by atoms with Gasteiger partial charge in [0.1, 0.15) is 6.04 Å². The Kier molecular flexibility index (Phi) is 3.05. The monoisotopic (exact) mass is 291 g/mol. The summed E-state index contributed by atoms with van der Waals surface area (Å²) in [5.41, 5.74) is -0.203. The summed E-state index contributed by atoms with van der Waals surface area (Å²) in [4.78, 5) is 26.4. The summed E-state index contributed by atoms with van der Waals surface area (Å²) in [7, 11) is 0. The molecule has 0 radical (unpaired) electrons. The molecular weight excluding hydrogens is 266 g/mol. The van der Waals surface area contributed by atoms with Crippen molar-refractivity contribution in [2.45, 2.75) is 63.8 Å². The van der Waals surface area contributed by atoms with Gasteiger partial charge in [-0.1, -0.05) is 12.8 Å². The Morgan fingerprint density at radius 3 is 2.19 bits per heavy atom. The van der Waals surface area contributed by atoms with Crippen LogP contribution in [0.1, 0.15) is 57.8 Å². The molecule has 4 saturated carbocycles. The fourth-order valence-electron chi connectivity index (χ4n) is 6.02. The van der Waals surface area contributed by atoms with Crippen LogP contribution in [0.25, 0.3) is 0 Å². The number of amides is 1. The summed E-state index contributed by atoms with van der Waals surface area (Å²) in [5.74, 6) is 1.52. The molecule has 4 bridgehead atoms. The van der Waals surface area contributed by atoms with Crippen LogP contribution in [-0.2, 0) is 9.59 Å². The van der Waals surface area contributed by atoms with Gasteiger partial charge >= 0.3 is 5.97 Å². The summed E-state index contributed by atoms with van der Waals surface area (Å²) in [5, 5.41) is 9.38. The molecular formula is C17H25NO3. The van der Waals surface area contributed by atoms with Crippen LogP contribution in [0.4, 0.5) is 0 Å². The third-order valence-electron chi connectivity index (χ3n) is 6.61. The highest BCUT2D eigenvalue weighted by atomic mass is 16.4. The number of likely N-dealkylation sites (tertiary alicyclic amines) is 1. The van der Waals surface area contributed by atoms with Gasteiger partial charge in [-0.15, -0.1) is 0 Å². The zero-order valence-electron chi connectivity index (χ0n) is 12.6. The highest BCUT2D eigenvalue weighted by molar-refractivity contribution is 5.88. The van der Waals surface area contributed by atoms with Gasteiger partial charge in [0, 0.05) is 6.54 Å². The van der Waals surface area contributed by atoms with Gasteiger partial charge in [-0.25, -0.2) is 4.79 Å². The smallest absolute Gasteiger partial charge is 0.326 e. The third kappa shape index (κ3) is 2.09. The normalized spacial score (nSPS) is 44.9. The van der Waals surface area contributed by atoms with Crippen LogP contribution in [0.5, 0.6) is 0 Å². The van der Waals surface area contributed by atoms with E-state index in [9.17, 15) is 14.7 Å². The van der Waals surface area contributed by atoms with Crippen LogP contribution in [0.2, 0.25) is 0 Å². The number of carboxylic acid groups (broad SMARTS) is 1. The number of carboxylic acids is 1. The first kappa shape index (κ1) is 13.6. The Morgan fingerprint density at radius 1 is 0.952 bits per heavy atom. The molecule has 4 nitrogen and oxygen atoms in total. The van der Waals surface area contributed by atoms with Crippen molar-refractivity contribution < 1.29 is 14.7 Å². The van der Waals surface area contributed by atoms with Gasteiger partial charge in [0.15, 0.2) is 0 Å². The van der Waals surface area contributed by atoms with Gasteiger partial charge < -0.3 is 10.0 Å². The molecule has 5 aliphatic rings. The van der Waals surface area contributed by atoms with E-state index in [0.29, 0.717) is 24.8 Å². The molecule has 0 spiro atoms. The maximum Gasteiger partial charge on any atom is 0.326 e. The van der Waals surface area contributed by atoms with E-state index in [1.807, 2.05) is 0 Å². The Morgan fingerprint density at radius 2 is 1.57 bits per heavy atom. The van der Waals surface area contributed by atoms with Crippen LogP contribution >= 0.6 is 0 Å². The Balaban J connectivity index is 1.62. The van der Waals surface area contributed by atoms with Crippen molar-refractivity contribution in [3.63, 3.8) is 0 Å². The zero-order chi connectivity index (χ0) is 14.6. The summed E-state index contributed by atoms with van der Waals surface area (Å²) >= 11 is 0. The van der Waals surface area contributed by atoms with Crippen LogP contribution in [-0.4, -0.2) is 34.5 Å². The van der Waals surface area contributed by atoms with Crippen molar-refractivity contribution in [3.8, 4) is 0 Å². The van der Waals surface area contributed by atoms with Crippen molar-refractivity contribution in [2.24, 2.45) is 23.2 Å². The molecule has 1 aliphatic heterocycles. The highest BCUT2D eigenvalue weighted by Gasteiger charge is 2.55.